The first-order valence-corrected chi connectivity index (χ1v) is 8.69. The Bertz CT molecular complexity index is 650. The summed E-state index contributed by atoms with van der Waals surface area (Å²) in [5, 5.41) is 6.29. The van der Waals surface area contributed by atoms with E-state index in [1.54, 1.807) is 11.3 Å². The zero-order chi connectivity index (χ0) is 14.8. The number of benzene rings is 1. The molecule has 0 radical (unpaired) electrons. The van der Waals surface area contributed by atoms with Crippen LogP contribution in [0.15, 0.2) is 34.8 Å². The molecule has 1 aromatic heterocycles. The standard InChI is InChI=1S/C15H14BrClN2OS/c16-13-7-12(21-14(13)17)8-18-10-2-1-3-11(6-10)19-15(20)9-4-5-9/h1-3,6-7,9,18H,4-5,8H2,(H,19,20). The maximum atomic E-state index is 11.8. The number of thiophene rings is 1. The lowest BCUT2D eigenvalue weighted by molar-refractivity contribution is -0.117. The van der Waals surface area contributed by atoms with E-state index in [2.05, 4.69) is 26.6 Å². The van der Waals surface area contributed by atoms with Gasteiger partial charge in [0.2, 0.25) is 5.91 Å². The second-order valence-corrected chi connectivity index (χ2v) is 7.63. The van der Waals surface area contributed by atoms with Crippen molar-refractivity contribution in [2.24, 2.45) is 5.92 Å². The highest BCUT2D eigenvalue weighted by molar-refractivity contribution is 9.10. The molecule has 3 nitrogen and oxygen atoms in total. The van der Waals surface area contributed by atoms with Crippen molar-refractivity contribution >= 4 is 56.1 Å². The molecule has 0 atom stereocenters. The predicted molar refractivity (Wildman–Crippen MR) is 92.2 cm³/mol. The molecule has 1 saturated carbocycles. The second kappa shape index (κ2) is 6.38. The first kappa shape index (κ1) is 14.9. The van der Waals surface area contributed by atoms with Crippen LogP contribution in [-0.2, 0) is 11.3 Å². The highest BCUT2D eigenvalue weighted by atomic mass is 79.9. The van der Waals surface area contributed by atoms with E-state index < -0.39 is 0 Å². The third kappa shape index (κ3) is 3.99. The van der Waals surface area contributed by atoms with E-state index in [-0.39, 0.29) is 11.8 Å². The van der Waals surface area contributed by atoms with Crippen molar-refractivity contribution in [3.63, 3.8) is 0 Å². The Kier molecular flexibility index (Phi) is 4.52. The zero-order valence-electron chi connectivity index (χ0n) is 11.2. The molecule has 110 valence electrons. The van der Waals surface area contributed by atoms with Gasteiger partial charge in [-0.1, -0.05) is 17.7 Å². The Balaban J connectivity index is 1.61. The first-order chi connectivity index (χ1) is 10.1. The average Bonchev–Trinajstić information content (AvgIpc) is 3.25. The number of anilines is 2. The lowest BCUT2D eigenvalue weighted by Crippen LogP contribution is -2.13. The summed E-state index contributed by atoms with van der Waals surface area (Å²) in [6, 6.07) is 9.78. The molecule has 1 aliphatic carbocycles. The molecule has 0 aliphatic heterocycles. The molecule has 0 spiro atoms. The van der Waals surface area contributed by atoms with Gasteiger partial charge in [0.05, 0.1) is 0 Å². The maximum absolute atomic E-state index is 11.8. The number of carbonyl (C=O) groups excluding carboxylic acids is 1. The van der Waals surface area contributed by atoms with Crippen molar-refractivity contribution in [1.82, 2.24) is 0 Å². The average molecular weight is 386 g/mol. The Morgan fingerprint density at radius 3 is 2.76 bits per heavy atom. The van der Waals surface area contributed by atoms with Gasteiger partial charge in [-0.25, -0.2) is 0 Å². The second-order valence-electron chi connectivity index (χ2n) is 5.03. The van der Waals surface area contributed by atoms with Crippen LogP contribution in [-0.4, -0.2) is 5.91 Å². The number of halogens is 2. The van der Waals surface area contributed by atoms with Crippen LogP contribution in [0, 0.1) is 5.92 Å². The minimum atomic E-state index is 0.126. The lowest BCUT2D eigenvalue weighted by Gasteiger charge is -2.08. The van der Waals surface area contributed by atoms with E-state index in [0.29, 0.717) is 6.54 Å². The Morgan fingerprint density at radius 1 is 1.33 bits per heavy atom. The topological polar surface area (TPSA) is 41.1 Å². The molecule has 1 aromatic carbocycles. The fourth-order valence-corrected chi connectivity index (χ4v) is 3.69. The molecule has 1 amide bonds. The third-order valence-electron chi connectivity index (χ3n) is 3.24. The van der Waals surface area contributed by atoms with Crippen LogP contribution in [0.5, 0.6) is 0 Å². The van der Waals surface area contributed by atoms with Crippen molar-refractivity contribution in [2.45, 2.75) is 19.4 Å². The van der Waals surface area contributed by atoms with Crippen molar-refractivity contribution in [3.05, 3.63) is 44.0 Å². The molecule has 0 unspecified atom stereocenters. The van der Waals surface area contributed by atoms with Crippen LogP contribution in [0.2, 0.25) is 4.34 Å². The molecule has 1 aliphatic rings. The quantitative estimate of drug-likeness (QED) is 0.749. The molecule has 2 N–H and O–H groups in total. The van der Waals surface area contributed by atoms with Crippen LogP contribution >= 0.6 is 38.9 Å². The normalized spacial score (nSPS) is 14.0. The number of amides is 1. The minimum absolute atomic E-state index is 0.126. The van der Waals surface area contributed by atoms with Crippen LogP contribution in [0.25, 0.3) is 0 Å². The van der Waals surface area contributed by atoms with E-state index in [1.807, 2.05) is 30.3 Å². The summed E-state index contributed by atoms with van der Waals surface area (Å²) in [6.07, 6.45) is 2.02. The molecule has 2 aromatic rings. The van der Waals surface area contributed by atoms with Gasteiger partial charge in [-0.3, -0.25) is 4.79 Å². The fourth-order valence-electron chi connectivity index (χ4n) is 1.96. The molecular formula is C15H14BrClN2OS. The van der Waals surface area contributed by atoms with Crippen LogP contribution < -0.4 is 10.6 Å². The van der Waals surface area contributed by atoms with Crippen LogP contribution in [0.4, 0.5) is 11.4 Å². The Labute approximate surface area is 140 Å². The zero-order valence-corrected chi connectivity index (χ0v) is 14.3. The summed E-state index contributed by atoms with van der Waals surface area (Å²) < 4.78 is 1.69. The summed E-state index contributed by atoms with van der Waals surface area (Å²) >= 11 is 11.0. The van der Waals surface area contributed by atoms with Crippen molar-refractivity contribution < 1.29 is 4.79 Å². The SMILES string of the molecule is O=C(Nc1cccc(NCc2cc(Br)c(Cl)s2)c1)C1CC1. The molecule has 1 heterocycles. The van der Waals surface area contributed by atoms with Gasteiger partial charge >= 0.3 is 0 Å². The summed E-state index contributed by atoms with van der Waals surface area (Å²) in [7, 11) is 0. The van der Waals surface area contributed by atoms with Crippen molar-refractivity contribution in [1.29, 1.82) is 0 Å². The Morgan fingerprint density at radius 2 is 2.10 bits per heavy atom. The molecule has 3 rings (SSSR count). The Hall–Kier alpha value is -1.04. The highest BCUT2D eigenvalue weighted by Crippen LogP contribution is 2.33. The largest absolute Gasteiger partial charge is 0.380 e. The molecule has 6 heteroatoms. The number of hydrogen-bond acceptors (Lipinski definition) is 3. The summed E-state index contributed by atoms with van der Waals surface area (Å²) in [4.78, 5) is 12.9. The molecule has 1 fully saturated rings. The predicted octanol–water partition coefficient (Wildman–Crippen LogP) is 5.12. The van der Waals surface area contributed by atoms with E-state index in [4.69, 9.17) is 11.6 Å². The van der Waals surface area contributed by atoms with Crippen LogP contribution in [0.1, 0.15) is 17.7 Å². The van der Waals surface area contributed by atoms with Gasteiger partial charge in [0.25, 0.3) is 0 Å². The van der Waals surface area contributed by atoms with Gasteiger partial charge in [0.1, 0.15) is 4.34 Å². The summed E-state index contributed by atoms with van der Waals surface area (Å²) in [6.45, 7) is 0.704. The van der Waals surface area contributed by atoms with E-state index >= 15 is 0 Å². The van der Waals surface area contributed by atoms with Gasteiger partial charge in [-0.15, -0.1) is 11.3 Å². The number of rotatable bonds is 5. The van der Waals surface area contributed by atoms with Crippen molar-refractivity contribution in [3.8, 4) is 0 Å². The smallest absolute Gasteiger partial charge is 0.227 e. The minimum Gasteiger partial charge on any atom is -0.380 e. The van der Waals surface area contributed by atoms with E-state index in [0.717, 1.165) is 37.9 Å². The van der Waals surface area contributed by atoms with Gasteiger partial charge in [0.15, 0.2) is 0 Å². The van der Waals surface area contributed by atoms with E-state index in [1.165, 1.54) is 0 Å². The molecule has 21 heavy (non-hydrogen) atoms. The fraction of sp³-hybridized carbons (Fsp3) is 0.267. The monoisotopic (exact) mass is 384 g/mol. The molecule has 0 bridgehead atoms. The van der Waals surface area contributed by atoms with Gasteiger partial charge in [-0.05, 0) is 53.0 Å². The lowest BCUT2D eigenvalue weighted by atomic mass is 10.2. The number of carbonyl (C=O) groups is 1. The number of hydrogen-bond donors (Lipinski definition) is 2. The third-order valence-corrected chi connectivity index (χ3v) is 5.72. The first-order valence-electron chi connectivity index (χ1n) is 6.70. The highest BCUT2D eigenvalue weighted by Gasteiger charge is 2.29. The van der Waals surface area contributed by atoms with Gasteiger partial charge in [0, 0.05) is 33.2 Å². The maximum Gasteiger partial charge on any atom is 0.227 e. The summed E-state index contributed by atoms with van der Waals surface area (Å²) in [5.41, 5.74) is 1.81. The van der Waals surface area contributed by atoms with Gasteiger partial charge < -0.3 is 10.6 Å². The van der Waals surface area contributed by atoms with Gasteiger partial charge in [-0.2, -0.15) is 0 Å². The molecular weight excluding hydrogens is 372 g/mol. The molecule has 0 saturated heterocycles. The number of nitrogens with one attached hydrogen (secondary N) is 2. The summed E-state index contributed by atoms with van der Waals surface area (Å²) in [5.74, 6) is 0.341. The van der Waals surface area contributed by atoms with E-state index in [9.17, 15) is 4.79 Å². The van der Waals surface area contributed by atoms with Crippen molar-refractivity contribution in [2.75, 3.05) is 10.6 Å². The van der Waals surface area contributed by atoms with Crippen LogP contribution in [0.3, 0.4) is 0 Å².